The lowest BCUT2D eigenvalue weighted by molar-refractivity contribution is -0.137. The predicted molar refractivity (Wildman–Crippen MR) is 58.7 cm³/mol. The molecule has 17 heavy (non-hydrogen) atoms. The molecular weight excluding hydrogens is 231 g/mol. The van der Waals surface area contributed by atoms with Crippen LogP contribution in [-0.2, 0) is 6.18 Å². The Balaban J connectivity index is 1.89. The number of anilines is 1. The number of halogens is 3. The minimum absolute atomic E-state index is 0.491. The van der Waals surface area contributed by atoms with Crippen LogP contribution in [0.2, 0.25) is 0 Å². The van der Waals surface area contributed by atoms with Crippen LogP contribution >= 0.6 is 0 Å². The van der Waals surface area contributed by atoms with Crippen molar-refractivity contribution in [1.82, 2.24) is 10.3 Å². The van der Waals surface area contributed by atoms with Gasteiger partial charge in [-0.05, 0) is 37.6 Å². The molecule has 3 nitrogen and oxygen atoms in total. The van der Waals surface area contributed by atoms with E-state index in [2.05, 4.69) is 15.6 Å². The maximum Gasteiger partial charge on any atom is 0.417 e. The molecular formula is C11H14F3N3. The van der Waals surface area contributed by atoms with Crippen molar-refractivity contribution < 1.29 is 13.2 Å². The molecule has 1 atom stereocenters. The van der Waals surface area contributed by atoms with Crippen LogP contribution < -0.4 is 10.6 Å². The van der Waals surface area contributed by atoms with E-state index in [0.29, 0.717) is 11.7 Å². The molecule has 1 saturated heterocycles. The Bertz CT molecular complexity index is 355. The molecule has 0 aliphatic carbocycles. The molecule has 0 bridgehead atoms. The minimum Gasteiger partial charge on any atom is -0.370 e. The van der Waals surface area contributed by atoms with Gasteiger partial charge in [-0.25, -0.2) is 4.98 Å². The van der Waals surface area contributed by atoms with Crippen molar-refractivity contribution in [3.63, 3.8) is 0 Å². The van der Waals surface area contributed by atoms with E-state index in [0.717, 1.165) is 38.3 Å². The van der Waals surface area contributed by atoms with Crippen LogP contribution in [0.1, 0.15) is 12.0 Å². The predicted octanol–water partition coefficient (Wildman–Crippen LogP) is 2.12. The number of hydrogen-bond donors (Lipinski definition) is 2. The van der Waals surface area contributed by atoms with Gasteiger partial charge in [0.15, 0.2) is 0 Å². The molecule has 0 spiro atoms. The Morgan fingerprint density at radius 3 is 2.76 bits per heavy atom. The van der Waals surface area contributed by atoms with Crippen LogP contribution in [0.4, 0.5) is 19.0 Å². The van der Waals surface area contributed by atoms with Gasteiger partial charge >= 0.3 is 6.18 Å². The highest BCUT2D eigenvalue weighted by atomic mass is 19.4. The summed E-state index contributed by atoms with van der Waals surface area (Å²) < 4.78 is 36.8. The van der Waals surface area contributed by atoms with Gasteiger partial charge < -0.3 is 10.6 Å². The van der Waals surface area contributed by atoms with Gasteiger partial charge in [-0.1, -0.05) is 0 Å². The van der Waals surface area contributed by atoms with E-state index < -0.39 is 11.7 Å². The molecule has 1 aromatic rings. The fourth-order valence-corrected chi connectivity index (χ4v) is 1.80. The fraction of sp³-hybridized carbons (Fsp3) is 0.545. The molecule has 1 aliphatic rings. The van der Waals surface area contributed by atoms with Crippen LogP contribution in [0.25, 0.3) is 0 Å². The summed E-state index contributed by atoms with van der Waals surface area (Å²) in [5, 5.41) is 6.28. The third-order valence-electron chi connectivity index (χ3n) is 2.83. The maximum absolute atomic E-state index is 12.3. The average Bonchev–Trinajstić information content (AvgIpc) is 2.78. The number of nitrogens with zero attached hydrogens (tertiary/aromatic N) is 1. The summed E-state index contributed by atoms with van der Waals surface area (Å²) in [6.07, 6.45) is -2.37. The Morgan fingerprint density at radius 1 is 1.41 bits per heavy atom. The Kier molecular flexibility index (Phi) is 3.51. The van der Waals surface area contributed by atoms with Crippen LogP contribution in [-0.4, -0.2) is 24.6 Å². The molecule has 0 radical (unpaired) electrons. The Hall–Kier alpha value is -1.30. The molecule has 0 amide bonds. The zero-order valence-electron chi connectivity index (χ0n) is 9.22. The van der Waals surface area contributed by atoms with Crippen molar-refractivity contribution in [2.45, 2.75) is 12.6 Å². The molecule has 1 unspecified atom stereocenters. The highest BCUT2D eigenvalue weighted by molar-refractivity contribution is 5.36. The normalized spacial score (nSPS) is 20.5. The Morgan fingerprint density at radius 2 is 2.24 bits per heavy atom. The molecule has 1 aromatic heterocycles. The first-order valence-electron chi connectivity index (χ1n) is 5.53. The van der Waals surface area contributed by atoms with Crippen LogP contribution in [0.15, 0.2) is 18.3 Å². The third kappa shape index (κ3) is 3.33. The van der Waals surface area contributed by atoms with Crippen molar-refractivity contribution in [3.8, 4) is 0 Å². The fourth-order valence-electron chi connectivity index (χ4n) is 1.80. The van der Waals surface area contributed by atoms with E-state index >= 15 is 0 Å². The maximum atomic E-state index is 12.3. The summed E-state index contributed by atoms with van der Waals surface area (Å²) in [6, 6.07) is 2.41. The molecule has 2 N–H and O–H groups in total. The van der Waals surface area contributed by atoms with E-state index in [-0.39, 0.29) is 0 Å². The Labute approximate surface area is 97.4 Å². The molecule has 2 rings (SSSR count). The second kappa shape index (κ2) is 4.91. The smallest absolute Gasteiger partial charge is 0.370 e. The van der Waals surface area contributed by atoms with E-state index in [1.54, 1.807) is 0 Å². The SMILES string of the molecule is FC(F)(F)c1ccc(NCC2CCNC2)nc1. The highest BCUT2D eigenvalue weighted by Crippen LogP contribution is 2.28. The number of pyridine rings is 1. The van der Waals surface area contributed by atoms with Gasteiger partial charge in [-0.2, -0.15) is 13.2 Å². The van der Waals surface area contributed by atoms with Gasteiger partial charge in [0, 0.05) is 12.7 Å². The molecule has 0 aromatic carbocycles. The van der Waals surface area contributed by atoms with Crippen molar-refractivity contribution in [2.24, 2.45) is 5.92 Å². The average molecular weight is 245 g/mol. The van der Waals surface area contributed by atoms with E-state index in [9.17, 15) is 13.2 Å². The number of rotatable bonds is 3. The zero-order chi connectivity index (χ0) is 12.3. The van der Waals surface area contributed by atoms with Crippen molar-refractivity contribution in [1.29, 1.82) is 0 Å². The number of aromatic nitrogens is 1. The monoisotopic (exact) mass is 245 g/mol. The van der Waals surface area contributed by atoms with Gasteiger partial charge in [0.05, 0.1) is 5.56 Å². The number of alkyl halides is 3. The third-order valence-corrected chi connectivity index (χ3v) is 2.83. The highest BCUT2D eigenvalue weighted by Gasteiger charge is 2.30. The first kappa shape index (κ1) is 12.2. The molecule has 0 saturated carbocycles. The van der Waals surface area contributed by atoms with Crippen molar-refractivity contribution in [2.75, 3.05) is 25.0 Å². The van der Waals surface area contributed by atoms with E-state index in [1.807, 2.05) is 0 Å². The molecule has 1 fully saturated rings. The first-order chi connectivity index (χ1) is 8.05. The van der Waals surface area contributed by atoms with E-state index in [1.165, 1.54) is 6.07 Å². The summed E-state index contributed by atoms with van der Waals surface area (Å²) in [5.41, 5.74) is -0.717. The lowest BCUT2D eigenvalue weighted by Crippen LogP contribution is -2.17. The van der Waals surface area contributed by atoms with Crippen LogP contribution in [0.5, 0.6) is 0 Å². The van der Waals surface area contributed by atoms with Crippen LogP contribution in [0, 0.1) is 5.92 Å². The second-order valence-electron chi connectivity index (χ2n) is 4.17. The second-order valence-corrected chi connectivity index (χ2v) is 4.17. The largest absolute Gasteiger partial charge is 0.417 e. The van der Waals surface area contributed by atoms with E-state index in [4.69, 9.17) is 0 Å². The number of nitrogens with one attached hydrogen (secondary N) is 2. The molecule has 6 heteroatoms. The molecule has 2 heterocycles. The van der Waals surface area contributed by atoms with Gasteiger partial charge in [0.1, 0.15) is 5.82 Å². The molecule has 1 aliphatic heterocycles. The van der Waals surface area contributed by atoms with Gasteiger partial charge in [-0.15, -0.1) is 0 Å². The van der Waals surface area contributed by atoms with Crippen molar-refractivity contribution in [3.05, 3.63) is 23.9 Å². The summed E-state index contributed by atoms with van der Waals surface area (Å²) in [5.74, 6) is 1.02. The lowest BCUT2D eigenvalue weighted by Gasteiger charge is -2.11. The van der Waals surface area contributed by atoms with Crippen molar-refractivity contribution >= 4 is 5.82 Å². The minimum atomic E-state index is -4.32. The summed E-state index contributed by atoms with van der Waals surface area (Å²) in [7, 11) is 0. The quantitative estimate of drug-likeness (QED) is 0.856. The van der Waals surface area contributed by atoms with Gasteiger partial charge in [0.25, 0.3) is 0 Å². The summed E-state index contributed by atoms with van der Waals surface area (Å²) in [4.78, 5) is 3.75. The first-order valence-corrected chi connectivity index (χ1v) is 5.53. The topological polar surface area (TPSA) is 37.0 Å². The van der Waals surface area contributed by atoms with Gasteiger partial charge in [-0.3, -0.25) is 0 Å². The zero-order valence-corrected chi connectivity index (χ0v) is 9.22. The summed E-state index contributed by atoms with van der Waals surface area (Å²) in [6.45, 7) is 2.70. The molecule has 94 valence electrons. The number of hydrogen-bond acceptors (Lipinski definition) is 3. The summed E-state index contributed by atoms with van der Waals surface area (Å²) >= 11 is 0. The van der Waals surface area contributed by atoms with Crippen LogP contribution in [0.3, 0.4) is 0 Å². The van der Waals surface area contributed by atoms with Gasteiger partial charge in [0.2, 0.25) is 0 Å². The lowest BCUT2D eigenvalue weighted by atomic mass is 10.1. The standard InChI is InChI=1S/C11H14F3N3/c12-11(13,14)9-1-2-10(17-7-9)16-6-8-3-4-15-5-8/h1-2,7-8,15H,3-6H2,(H,16,17).